The van der Waals surface area contributed by atoms with Crippen LogP contribution in [0.25, 0.3) is 16.3 Å². The second-order valence-corrected chi connectivity index (χ2v) is 10.1. The molecular weight excluding hydrogens is 566 g/mol. The molecule has 0 atom stereocenters. The Morgan fingerprint density at radius 1 is 0.967 bits per heavy atom. The van der Waals surface area contributed by atoms with Crippen molar-refractivity contribution in [2.45, 2.75) is 25.3 Å². The van der Waals surface area contributed by atoms with Gasteiger partial charge in [0.05, 0.1) is 30.8 Å². The molecule has 0 saturated heterocycles. The Labute approximate surface area is 214 Å². The molecule has 0 saturated carbocycles. The van der Waals surface area contributed by atoms with Crippen LogP contribution in [0.4, 0.5) is 5.69 Å². The van der Waals surface area contributed by atoms with Crippen LogP contribution in [-0.4, -0.2) is 6.54 Å². The first-order valence-corrected chi connectivity index (χ1v) is 12.2. The molecule has 1 aliphatic heterocycles. The molecule has 0 amide bonds. The SMILES string of the molecule is CCN1C(=CC=Cc2sc3cc(Cl)c(Cl)cc3[n+]2CC)Sc2cc(Cl)c(Cl)cc21.[Br-]. The molecule has 2 heterocycles. The van der Waals surface area contributed by atoms with E-state index in [0.717, 1.165) is 43.9 Å². The summed E-state index contributed by atoms with van der Waals surface area (Å²) in [6, 6.07) is 7.73. The number of benzene rings is 2. The van der Waals surface area contributed by atoms with E-state index in [0.29, 0.717) is 20.1 Å². The Morgan fingerprint density at radius 3 is 2.33 bits per heavy atom. The van der Waals surface area contributed by atoms with E-state index in [-0.39, 0.29) is 17.0 Å². The zero-order valence-electron chi connectivity index (χ0n) is 16.1. The molecule has 0 radical (unpaired) electrons. The van der Waals surface area contributed by atoms with Crippen molar-refractivity contribution in [1.29, 1.82) is 0 Å². The molecule has 30 heavy (non-hydrogen) atoms. The summed E-state index contributed by atoms with van der Waals surface area (Å²) in [5, 5.41) is 4.61. The largest absolute Gasteiger partial charge is 1.00 e. The molecular formula is C21H17BrCl4N2S2. The van der Waals surface area contributed by atoms with Crippen molar-refractivity contribution >= 4 is 91.5 Å². The summed E-state index contributed by atoms with van der Waals surface area (Å²) < 4.78 is 3.36. The quantitative estimate of drug-likeness (QED) is 0.385. The van der Waals surface area contributed by atoms with Crippen LogP contribution in [0.2, 0.25) is 20.1 Å². The number of hydrogen-bond acceptors (Lipinski definition) is 3. The summed E-state index contributed by atoms with van der Waals surface area (Å²) in [5.41, 5.74) is 2.20. The summed E-state index contributed by atoms with van der Waals surface area (Å²) >= 11 is 28.2. The van der Waals surface area contributed by atoms with Crippen molar-refractivity contribution in [3.05, 3.63) is 66.5 Å². The van der Waals surface area contributed by atoms with Crippen molar-refractivity contribution in [3.8, 4) is 0 Å². The smallest absolute Gasteiger partial charge is 0.262 e. The molecule has 3 aromatic rings. The second kappa shape index (κ2) is 10.0. The first kappa shape index (κ1) is 24.2. The zero-order chi connectivity index (χ0) is 20.7. The molecule has 158 valence electrons. The van der Waals surface area contributed by atoms with Crippen LogP contribution in [0.5, 0.6) is 0 Å². The summed E-state index contributed by atoms with van der Waals surface area (Å²) in [6.45, 7) is 5.96. The van der Waals surface area contributed by atoms with Gasteiger partial charge < -0.3 is 21.9 Å². The fourth-order valence-electron chi connectivity index (χ4n) is 3.31. The minimum Gasteiger partial charge on any atom is -1.00 e. The molecule has 4 rings (SSSR count). The fraction of sp³-hybridized carbons (Fsp3) is 0.190. The van der Waals surface area contributed by atoms with Gasteiger partial charge in [0, 0.05) is 23.6 Å². The van der Waals surface area contributed by atoms with Gasteiger partial charge in [-0.05, 0) is 38.1 Å². The van der Waals surface area contributed by atoms with E-state index in [1.807, 2.05) is 24.3 Å². The van der Waals surface area contributed by atoms with Gasteiger partial charge in [-0.2, -0.15) is 4.57 Å². The number of allylic oxidation sites excluding steroid dienone is 2. The van der Waals surface area contributed by atoms with Crippen LogP contribution < -0.4 is 26.4 Å². The average molecular weight is 583 g/mol. The van der Waals surface area contributed by atoms with E-state index in [1.165, 1.54) is 0 Å². The van der Waals surface area contributed by atoms with E-state index in [1.54, 1.807) is 23.1 Å². The lowest BCUT2D eigenvalue weighted by molar-refractivity contribution is -0.665. The van der Waals surface area contributed by atoms with E-state index >= 15 is 0 Å². The van der Waals surface area contributed by atoms with Gasteiger partial charge in [-0.15, -0.1) is 0 Å². The maximum absolute atomic E-state index is 6.22. The third kappa shape index (κ3) is 4.54. The van der Waals surface area contributed by atoms with Crippen molar-refractivity contribution in [3.63, 3.8) is 0 Å². The standard InChI is InChI=1S/C21H17Cl4N2S2.BrH/c1-3-26-16-8-12(22)14(24)10-18(16)28-20(26)6-5-7-21-27(4-2)17-9-13(23)15(25)11-19(17)29-21;/h5-11H,3-4H2,1-2H3;1H/q+1;/p-1. The van der Waals surface area contributed by atoms with Crippen LogP contribution in [0.1, 0.15) is 18.9 Å². The second-order valence-electron chi connectivity index (χ2n) is 6.36. The first-order valence-electron chi connectivity index (χ1n) is 9.07. The Balaban J connectivity index is 0.00000256. The molecule has 1 aromatic heterocycles. The van der Waals surface area contributed by atoms with Gasteiger partial charge in [0.2, 0.25) is 5.52 Å². The number of halogens is 5. The van der Waals surface area contributed by atoms with Gasteiger partial charge >= 0.3 is 0 Å². The summed E-state index contributed by atoms with van der Waals surface area (Å²) in [5.74, 6) is 0. The van der Waals surface area contributed by atoms with E-state index < -0.39 is 0 Å². The number of fused-ring (bicyclic) bond motifs is 2. The van der Waals surface area contributed by atoms with Crippen LogP contribution in [0.3, 0.4) is 0 Å². The predicted molar refractivity (Wildman–Crippen MR) is 130 cm³/mol. The van der Waals surface area contributed by atoms with Gasteiger partial charge in [0.25, 0.3) is 5.01 Å². The first-order chi connectivity index (χ1) is 13.9. The highest BCUT2D eigenvalue weighted by Gasteiger charge is 2.25. The zero-order valence-corrected chi connectivity index (χ0v) is 22.3. The monoisotopic (exact) mass is 580 g/mol. The van der Waals surface area contributed by atoms with Crippen LogP contribution >= 0.6 is 69.5 Å². The van der Waals surface area contributed by atoms with E-state index in [4.69, 9.17) is 46.4 Å². The minimum atomic E-state index is 0. The number of thioether (sulfide) groups is 1. The maximum atomic E-state index is 6.22. The molecule has 0 unspecified atom stereocenters. The number of aromatic nitrogens is 1. The summed E-state index contributed by atoms with van der Waals surface area (Å²) in [7, 11) is 0. The predicted octanol–water partition coefficient (Wildman–Crippen LogP) is 5.31. The molecule has 0 N–H and O–H groups in total. The number of hydrogen-bond donors (Lipinski definition) is 0. The van der Waals surface area contributed by atoms with Crippen molar-refractivity contribution in [2.75, 3.05) is 11.4 Å². The van der Waals surface area contributed by atoms with Gasteiger partial charge in [-0.25, -0.2) is 0 Å². The lowest BCUT2D eigenvalue weighted by atomic mass is 10.3. The third-order valence-corrected chi connectivity index (χ3v) is 8.33. The average Bonchev–Trinajstić information content (AvgIpc) is 3.19. The highest BCUT2D eigenvalue weighted by Crippen LogP contribution is 2.48. The number of nitrogens with zero attached hydrogens (tertiary/aromatic N) is 2. The number of rotatable bonds is 4. The van der Waals surface area contributed by atoms with Crippen LogP contribution in [0, 0.1) is 0 Å². The Morgan fingerprint density at radius 2 is 1.63 bits per heavy atom. The summed E-state index contributed by atoms with van der Waals surface area (Å²) in [4.78, 5) is 3.36. The molecule has 2 nitrogen and oxygen atoms in total. The molecule has 0 bridgehead atoms. The topological polar surface area (TPSA) is 7.12 Å². The Kier molecular flexibility index (Phi) is 8.11. The molecule has 2 aromatic carbocycles. The molecule has 9 heteroatoms. The fourth-order valence-corrected chi connectivity index (χ4v) is 6.40. The number of anilines is 1. The molecule has 0 aliphatic carbocycles. The van der Waals surface area contributed by atoms with Crippen LogP contribution in [-0.2, 0) is 6.54 Å². The summed E-state index contributed by atoms with van der Waals surface area (Å²) in [6.07, 6.45) is 6.33. The van der Waals surface area contributed by atoms with Gasteiger partial charge in [0.15, 0.2) is 0 Å². The highest BCUT2D eigenvalue weighted by molar-refractivity contribution is 8.03. The van der Waals surface area contributed by atoms with Gasteiger partial charge in [-0.3, -0.25) is 0 Å². The molecule has 1 aliphatic rings. The van der Waals surface area contributed by atoms with Gasteiger partial charge in [-0.1, -0.05) is 75.6 Å². The minimum absolute atomic E-state index is 0. The Bertz CT molecular complexity index is 1170. The lowest BCUT2D eigenvalue weighted by Crippen LogP contribution is -3.00. The van der Waals surface area contributed by atoms with Gasteiger partial charge in [0.1, 0.15) is 11.2 Å². The normalized spacial score (nSPS) is 14.7. The maximum Gasteiger partial charge on any atom is 0.262 e. The number of thiazole rings is 1. The third-order valence-electron chi connectivity index (χ3n) is 4.66. The van der Waals surface area contributed by atoms with Crippen molar-refractivity contribution < 1.29 is 21.5 Å². The highest BCUT2D eigenvalue weighted by atomic mass is 79.9. The number of aryl methyl sites for hydroxylation is 1. The van der Waals surface area contributed by atoms with E-state index in [2.05, 4.69) is 41.5 Å². The molecule has 0 spiro atoms. The van der Waals surface area contributed by atoms with Crippen molar-refractivity contribution in [2.24, 2.45) is 0 Å². The van der Waals surface area contributed by atoms with E-state index in [9.17, 15) is 0 Å². The Hall–Kier alpha value is -0.400. The van der Waals surface area contributed by atoms with Crippen molar-refractivity contribution in [1.82, 2.24) is 0 Å². The molecule has 0 fully saturated rings. The van der Waals surface area contributed by atoms with Crippen LogP contribution in [0.15, 0.2) is 46.3 Å². The lowest BCUT2D eigenvalue weighted by Gasteiger charge is -2.17.